The van der Waals surface area contributed by atoms with Crippen molar-refractivity contribution in [2.75, 3.05) is 6.54 Å². The largest absolute Gasteiger partial charge is 0.370 e. The van der Waals surface area contributed by atoms with Crippen LogP contribution in [0.1, 0.15) is 14.6 Å². The van der Waals surface area contributed by atoms with Crippen molar-refractivity contribution in [1.29, 1.82) is 0 Å². The lowest BCUT2D eigenvalue weighted by atomic mass is 10.3. The van der Waals surface area contributed by atoms with Gasteiger partial charge in [0.15, 0.2) is 5.96 Å². The zero-order chi connectivity index (χ0) is 12.8. The number of aliphatic imine (C=N–C) groups is 1. The van der Waals surface area contributed by atoms with E-state index in [-0.39, 0.29) is 24.0 Å². The molecule has 0 bridgehead atoms. The SMILES string of the molecule is Cc1ccc(CN=C(N)NCCc2cccs2)s1.I. The Balaban J connectivity index is 0.00000180. The van der Waals surface area contributed by atoms with Gasteiger partial charge in [0.2, 0.25) is 0 Å². The third-order valence-corrected chi connectivity index (χ3v) is 4.38. The summed E-state index contributed by atoms with van der Waals surface area (Å²) in [7, 11) is 0. The molecular formula is C13H18IN3S2. The molecule has 2 heterocycles. The Hall–Kier alpha value is -0.600. The second-order valence-corrected chi connectivity index (χ2v) is 6.37. The summed E-state index contributed by atoms with van der Waals surface area (Å²) in [5, 5.41) is 5.23. The van der Waals surface area contributed by atoms with E-state index >= 15 is 0 Å². The topological polar surface area (TPSA) is 50.4 Å². The molecule has 0 fully saturated rings. The number of aryl methyl sites for hydroxylation is 1. The van der Waals surface area contributed by atoms with E-state index in [1.807, 2.05) is 0 Å². The Morgan fingerprint density at radius 3 is 2.79 bits per heavy atom. The van der Waals surface area contributed by atoms with E-state index in [1.165, 1.54) is 14.6 Å². The van der Waals surface area contributed by atoms with Crippen molar-refractivity contribution >= 4 is 52.6 Å². The molecule has 104 valence electrons. The molecule has 0 aliphatic rings. The van der Waals surface area contributed by atoms with Crippen molar-refractivity contribution < 1.29 is 0 Å². The Morgan fingerprint density at radius 1 is 1.32 bits per heavy atom. The quantitative estimate of drug-likeness (QED) is 0.454. The summed E-state index contributed by atoms with van der Waals surface area (Å²) in [6, 6.07) is 8.41. The summed E-state index contributed by atoms with van der Waals surface area (Å²) < 4.78 is 0. The molecule has 6 heteroatoms. The zero-order valence-corrected chi connectivity index (χ0v) is 14.7. The molecule has 0 aliphatic carbocycles. The van der Waals surface area contributed by atoms with Gasteiger partial charge in [0.1, 0.15) is 0 Å². The number of hydrogen-bond acceptors (Lipinski definition) is 3. The van der Waals surface area contributed by atoms with Crippen LogP contribution in [0.15, 0.2) is 34.6 Å². The molecule has 3 N–H and O–H groups in total. The minimum Gasteiger partial charge on any atom is -0.370 e. The van der Waals surface area contributed by atoms with Gasteiger partial charge < -0.3 is 11.1 Å². The normalized spacial score (nSPS) is 11.1. The maximum atomic E-state index is 5.81. The molecule has 0 atom stereocenters. The van der Waals surface area contributed by atoms with E-state index in [0.717, 1.165) is 13.0 Å². The van der Waals surface area contributed by atoms with Crippen LogP contribution in [-0.4, -0.2) is 12.5 Å². The maximum Gasteiger partial charge on any atom is 0.188 e. The number of halogens is 1. The highest BCUT2D eigenvalue weighted by Gasteiger charge is 1.97. The van der Waals surface area contributed by atoms with Gasteiger partial charge in [-0.3, -0.25) is 0 Å². The van der Waals surface area contributed by atoms with Crippen molar-refractivity contribution in [3.05, 3.63) is 44.3 Å². The minimum absolute atomic E-state index is 0. The lowest BCUT2D eigenvalue weighted by Crippen LogP contribution is -2.33. The Morgan fingerprint density at radius 2 is 2.16 bits per heavy atom. The summed E-state index contributed by atoms with van der Waals surface area (Å²) in [5.74, 6) is 0.526. The lowest BCUT2D eigenvalue weighted by Gasteiger charge is -2.03. The fourth-order valence-corrected chi connectivity index (χ4v) is 3.08. The monoisotopic (exact) mass is 407 g/mol. The maximum absolute atomic E-state index is 5.81. The number of nitrogens with zero attached hydrogens (tertiary/aromatic N) is 1. The lowest BCUT2D eigenvalue weighted by molar-refractivity contribution is 0.858. The third kappa shape index (κ3) is 5.92. The summed E-state index contributed by atoms with van der Waals surface area (Å²) in [6.45, 7) is 3.59. The van der Waals surface area contributed by atoms with Gasteiger partial charge in [-0.2, -0.15) is 0 Å². The molecule has 19 heavy (non-hydrogen) atoms. The van der Waals surface area contributed by atoms with Crippen LogP contribution in [-0.2, 0) is 13.0 Å². The average Bonchev–Trinajstić information content (AvgIpc) is 2.98. The van der Waals surface area contributed by atoms with Crippen LogP contribution in [0.3, 0.4) is 0 Å². The molecule has 3 nitrogen and oxygen atoms in total. The fourth-order valence-electron chi connectivity index (χ4n) is 1.56. The molecule has 2 aromatic heterocycles. The van der Waals surface area contributed by atoms with Crippen LogP contribution >= 0.6 is 46.7 Å². The molecule has 2 rings (SSSR count). The fraction of sp³-hybridized carbons (Fsp3) is 0.308. The average molecular weight is 407 g/mol. The van der Waals surface area contributed by atoms with E-state index in [1.54, 1.807) is 22.7 Å². The van der Waals surface area contributed by atoms with E-state index in [0.29, 0.717) is 12.5 Å². The van der Waals surface area contributed by atoms with Gasteiger partial charge >= 0.3 is 0 Å². The Bertz CT molecular complexity index is 506. The van der Waals surface area contributed by atoms with Crippen LogP contribution in [0.25, 0.3) is 0 Å². The first-order valence-corrected chi connectivity index (χ1v) is 7.55. The van der Waals surface area contributed by atoms with Crippen molar-refractivity contribution in [3.8, 4) is 0 Å². The molecule has 0 radical (unpaired) electrons. The number of hydrogen-bond donors (Lipinski definition) is 2. The number of guanidine groups is 1. The molecule has 0 spiro atoms. The van der Waals surface area contributed by atoms with E-state index in [2.05, 4.69) is 46.9 Å². The number of rotatable bonds is 5. The number of nitrogens with two attached hydrogens (primary N) is 1. The van der Waals surface area contributed by atoms with Gasteiger partial charge in [-0.15, -0.1) is 46.7 Å². The van der Waals surface area contributed by atoms with Crippen molar-refractivity contribution in [3.63, 3.8) is 0 Å². The van der Waals surface area contributed by atoms with Gasteiger partial charge in [-0.25, -0.2) is 4.99 Å². The highest BCUT2D eigenvalue weighted by atomic mass is 127. The standard InChI is InChI=1S/C13H17N3S2.HI/c1-10-4-5-12(18-10)9-16-13(14)15-7-6-11-3-2-8-17-11;/h2-5,8H,6-7,9H2,1H3,(H3,14,15,16);1H. The predicted octanol–water partition coefficient (Wildman–Crippen LogP) is 3.38. The van der Waals surface area contributed by atoms with Gasteiger partial charge in [0.05, 0.1) is 6.54 Å². The van der Waals surface area contributed by atoms with Crippen molar-refractivity contribution in [2.45, 2.75) is 19.9 Å². The molecule has 2 aromatic rings. The Kier molecular flexibility index (Phi) is 7.40. The first-order chi connectivity index (χ1) is 8.74. The van der Waals surface area contributed by atoms with Gasteiger partial charge in [-0.05, 0) is 36.9 Å². The van der Waals surface area contributed by atoms with Gasteiger partial charge in [0.25, 0.3) is 0 Å². The smallest absolute Gasteiger partial charge is 0.188 e. The van der Waals surface area contributed by atoms with Crippen molar-refractivity contribution in [2.24, 2.45) is 10.7 Å². The van der Waals surface area contributed by atoms with E-state index in [9.17, 15) is 0 Å². The van der Waals surface area contributed by atoms with E-state index in [4.69, 9.17) is 5.73 Å². The molecule has 0 amide bonds. The third-order valence-electron chi connectivity index (χ3n) is 2.46. The summed E-state index contributed by atoms with van der Waals surface area (Å²) in [6.07, 6.45) is 0.992. The highest BCUT2D eigenvalue weighted by Crippen LogP contribution is 2.15. The van der Waals surface area contributed by atoms with Crippen LogP contribution < -0.4 is 11.1 Å². The highest BCUT2D eigenvalue weighted by molar-refractivity contribution is 14.0. The first kappa shape index (κ1) is 16.5. The zero-order valence-electron chi connectivity index (χ0n) is 10.8. The summed E-state index contributed by atoms with van der Waals surface area (Å²) >= 11 is 3.53. The van der Waals surface area contributed by atoms with Crippen LogP contribution in [0, 0.1) is 6.92 Å². The Labute approximate surface area is 139 Å². The van der Waals surface area contributed by atoms with Gasteiger partial charge in [0, 0.05) is 21.2 Å². The van der Waals surface area contributed by atoms with Gasteiger partial charge in [-0.1, -0.05) is 6.07 Å². The van der Waals surface area contributed by atoms with Crippen LogP contribution in [0.4, 0.5) is 0 Å². The first-order valence-electron chi connectivity index (χ1n) is 5.85. The van der Waals surface area contributed by atoms with Crippen molar-refractivity contribution in [1.82, 2.24) is 5.32 Å². The molecule has 0 saturated heterocycles. The number of nitrogens with one attached hydrogen (secondary N) is 1. The summed E-state index contributed by atoms with van der Waals surface area (Å²) in [4.78, 5) is 8.24. The molecule has 0 saturated carbocycles. The molecule has 0 aliphatic heterocycles. The predicted molar refractivity (Wildman–Crippen MR) is 95.8 cm³/mol. The summed E-state index contributed by atoms with van der Waals surface area (Å²) in [5.41, 5.74) is 5.81. The van der Waals surface area contributed by atoms with Crippen LogP contribution in [0.5, 0.6) is 0 Å². The van der Waals surface area contributed by atoms with E-state index < -0.39 is 0 Å². The molecular weight excluding hydrogens is 389 g/mol. The molecule has 0 aromatic carbocycles. The minimum atomic E-state index is 0. The number of thiophene rings is 2. The molecule has 0 unspecified atom stereocenters. The second-order valence-electron chi connectivity index (χ2n) is 3.97. The van der Waals surface area contributed by atoms with Crippen LogP contribution in [0.2, 0.25) is 0 Å². The second kappa shape index (κ2) is 8.55.